The predicted molar refractivity (Wildman–Crippen MR) is 63.9 cm³/mol. The Morgan fingerprint density at radius 3 is 2.50 bits per heavy atom. The van der Waals surface area contributed by atoms with Gasteiger partial charge in [0.05, 0.1) is 6.20 Å². The van der Waals surface area contributed by atoms with Gasteiger partial charge in [0.2, 0.25) is 0 Å². The van der Waals surface area contributed by atoms with Crippen LogP contribution in [0.5, 0.6) is 0 Å². The van der Waals surface area contributed by atoms with Crippen molar-refractivity contribution in [2.24, 2.45) is 0 Å². The maximum absolute atomic E-state index is 3.96. The summed E-state index contributed by atoms with van der Waals surface area (Å²) in [5, 5.41) is 0. The molecule has 0 saturated heterocycles. The molecule has 1 radical (unpaired) electrons. The molecule has 14 heavy (non-hydrogen) atoms. The Kier molecular flexibility index (Phi) is 2.99. The number of nitrogens with zero attached hydrogens (tertiary/aromatic N) is 1. The smallest absolute Gasteiger partial charge is 0.0886 e. The molecule has 2 rings (SSSR count). The lowest BCUT2D eigenvalue weighted by atomic mass is 10.1. The van der Waals surface area contributed by atoms with Crippen LogP contribution < -0.4 is 0 Å². The van der Waals surface area contributed by atoms with Crippen LogP contribution in [0, 0.1) is 6.20 Å². The van der Waals surface area contributed by atoms with Gasteiger partial charge >= 0.3 is 0 Å². The van der Waals surface area contributed by atoms with E-state index in [-0.39, 0.29) is 0 Å². The van der Waals surface area contributed by atoms with E-state index in [0.717, 1.165) is 20.1 Å². The van der Waals surface area contributed by atoms with Crippen molar-refractivity contribution in [1.82, 2.24) is 4.98 Å². The van der Waals surface area contributed by atoms with Gasteiger partial charge in [-0.05, 0) is 55.6 Å². The first-order valence-corrected chi connectivity index (χ1v) is 5.63. The summed E-state index contributed by atoms with van der Waals surface area (Å²) in [6, 6.07) is 9.91. The largest absolute Gasteiger partial charge is 0.254 e. The molecule has 1 aromatic carbocycles. The predicted octanol–water partition coefficient (Wildman–Crippen LogP) is 4.07. The molecule has 69 valence electrons. The fourth-order valence-electron chi connectivity index (χ4n) is 1.17. The fourth-order valence-corrected chi connectivity index (χ4v) is 1.79. The van der Waals surface area contributed by atoms with Gasteiger partial charge in [-0.3, -0.25) is 4.98 Å². The zero-order valence-electron chi connectivity index (χ0n) is 7.17. The molecule has 0 aliphatic rings. The summed E-state index contributed by atoms with van der Waals surface area (Å²) in [6.45, 7) is 0. The fraction of sp³-hybridized carbons (Fsp3) is 0. The van der Waals surface area contributed by atoms with Crippen molar-refractivity contribution in [3.63, 3.8) is 0 Å². The van der Waals surface area contributed by atoms with Crippen LogP contribution >= 0.6 is 31.9 Å². The van der Waals surface area contributed by atoms with E-state index in [1.807, 2.05) is 24.3 Å². The minimum Gasteiger partial charge on any atom is -0.254 e. The van der Waals surface area contributed by atoms with Crippen molar-refractivity contribution in [2.45, 2.75) is 0 Å². The van der Waals surface area contributed by atoms with Crippen LogP contribution in [0.15, 0.2) is 45.5 Å². The second-order valence-corrected chi connectivity index (χ2v) is 4.51. The van der Waals surface area contributed by atoms with E-state index in [1.165, 1.54) is 0 Å². The van der Waals surface area contributed by atoms with Gasteiger partial charge in [0.25, 0.3) is 0 Å². The SMILES string of the molecule is Brc1ccc(-c2cc[c]nc2)cc1Br. The molecule has 0 atom stereocenters. The van der Waals surface area contributed by atoms with E-state index in [1.54, 1.807) is 6.20 Å². The van der Waals surface area contributed by atoms with Crippen LogP contribution in [0.3, 0.4) is 0 Å². The van der Waals surface area contributed by atoms with Crippen molar-refractivity contribution >= 4 is 31.9 Å². The lowest BCUT2D eigenvalue weighted by Crippen LogP contribution is -1.79. The first-order chi connectivity index (χ1) is 6.77. The van der Waals surface area contributed by atoms with E-state index >= 15 is 0 Å². The summed E-state index contributed by atoms with van der Waals surface area (Å²) in [5.41, 5.74) is 2.23. The summed E-state index contributed by atoms with van der Waals surface area (Å²) < 4.78 is 2.10. The van der Waals surface area contributed by atoms with Crippen molar-refractivity contribution in [3.05, 3.63) is 51.7 Å². The molecule has 0 saturated carbocycles. The molecule has 2 aromatic rings. The molecular weight excluding hydrogens is 306 g/mol. The van der Waals surface area contributed by atoms with Gasteiger partial charge in [0.15, 0.2) is 0 Å². The van der Waals surface area contributed by atoms with Gasteiger partial charge in [-0.2, -0.15) is 0 Å². The van der Waals surface area contributed by atoms with E-state index in [2.05, 4.69) is 49.1 Å². The molecule has 0 fully saturated rings. The van der Waals surface area contributed by atoms with Gasteiger partial charge in [-0.1, -0.05) is 12.1 Å². The third kappa shape index (κ3) is 2.04. The molecule has 1 heterocycles. The summed E-state index contributed by atoms with van der Waals surface area (Å²) in [4.78, 5) is 3.96. The van der Waals surface area contributed by atoms with E-state index in [0.29, 0.717) is 0 Å². The Labute approximate surface area is 99.4 Å². The molecule has 0 unspecified atom stereocenters. The summed E-state index contributed by atoms with van der Waals surface area (Å²) in [7, 11) is 0. The lowest BCUT2D eigenvalue weighted by Gasteiger charge is -2.02. The van der Waals surface area contributed by atoms with Crippen LogP contribution in [0.2, 0.25) is 0 Å². The van der Waals surface area contributed by atoms with E-state index in [4.69, 9.17) is 0 Å². The lowest BCUT2D eigenvalue weighted by molar-refractivity contribution is 1.31. The maximum Gasteiger partial charge on any atom is 0.0886 e. The Balaban J connectivity index is 2.48. The first kappa shape index (κ1) is 9.87. The number of rotatable bonds is 1. The number of benzene rings is 1. The molecule has 0 spiro atoms. The molecule has 0 N–H and O–H groups in total. The standard InChI is InChI=1S/C11H6Br2N/c12-10-4-3-8(6-11(10)13)9-2-1-5-14-7-9/h1-4,6-7H. The van der Waals surface area contributed by atoms with Gasteiger partial charge < -0.3 is 0 Å². The quantitative estimate of drug-likeness (QED) is 0.773. The average Bonchev–Trinajstić information content (AvgIpc) is 2.23. The second-order valence-electron chi connectivity index (χ2n) is 2.80. The number of hydrogen-bond donors (Lipinski definition) is 0. The van der Waals surface area contributed by atoms with E-state index in [9.17, 15) is 0 Å². The molecule has 0 amide bonds. The third-order valence-electron chi connectivity index (χ3n) is 1.87. The highest BCUT2D eigenvalue weighted by Gasteiger charge is 2.00. The normalized spacial score (nSPS) is 10.1. The number of hydrogen-bond acceptors (Lipinski definition) is 1. The van der Waals surface area contributed by atoms with Gasteiger partial charge in [-0.25, -0.2) is 0 Å². The van der Waals surface area contributed by atoms with Gasteiger partial charge in [-0.15, -0.1) is 0 Å². The molecule has 0 aliphatic carbocycles. The molecule has 1 nitrogen and oxygen atoms in total. The van der Waals surface area contributed by atoms with E-state index < -0.39 is 0 Å². The maximum atomic E-state index is 3.96. The van der Waals surface area contributed by atoms with Crippen LogP contribution in [0.25, 0.3) is 11.1 Å². The molecule has 0 aliphatic heterocycles. The minimum absolute atomic E-state index is 1.04. The molecule has 1 aromatic heterocycles. The zero-order chi connectivity index (χ0) is 9.97. The van der Waals surface area contributed by atoms with Crippen LogP contribution in [-0.2, 0) is 0 Å². The minimum atomic E-state index is 1.04. The Bertz CT molecular complexity index is 440. The summed E-state index contributed by atoms with van der Waals surface area (Å²) >= 11 is 6.90. The van der Waals surface area contributed by atoms with Gasteiger partial charge in [0, 0.05) is 20.7 Å². The summed E-state index contributed by atoms with van der Waals surface area (Å²) in [5.74, 6) is 0. The van der Waals surface area contributed by atoms with Crippen molar-refractivity contribution in [1.29, 1.82) is 0 Å². The Morgan fingerprint density at radius 1 is 1.00 bits per heavy atom. The third-order valence-corrected chi connectivity index (χ3v) is 3.75. The zero-order valence-corrected chi connectivity index (χ0v) is 10.3. The highest BCUT2D eigenvalue weighted by molar-refractivity contribution is 9.13. The van der Waals surface area contributed by atoms with Crippen LogP contribution in [-0.4, -0.2) is 4.98 Å². The van der Waals surface area contributed by atoms with Gasteiger partial charge in [0.1, 0.15) is 0 Å². The Morgan fingerprint density at radius 2 is 1.86 bits per heavy atom. The topological polar surface area (TPSA) is 12.9 Å². The van der Waals surface area contributed by atoms with Crippen molar-refractivity contribution < 1.29 is 0 Å². The monoisotopic (exact) mass is 310 g/mol. The molecular formula is C11H6Br2N. The van der Waals surface area contributed by atoms with Crippen LogP contribution in [0.4, 0.5) is 0 Å². The number of pyridine rings is 1. The molecule has 0 bridgehead atoms. The van der Waals surface area contributed by atoms with Crippen LogP contribution in [0.1, 0.15) is 0 Å². The summed E-state index contributed by atoms with van der Waals surface area (Å²) in [6.07, 6.45) is 4.56. The highest BCUT2D eigenvalue weighted by atomic mass is 79.9. The van der Waals surface area contributed by atoms with Crippen molar-refractivity contribution in [3.8, 4) is 11.1 Å². The Hall–Kier alpha value is -0.670. The average molecular weight is 312 g/mol. The number of aromatic nitrogens is 1. The highest BCUT2D eigenvalue weighted by Crippen LogP contribution is 2.28. The second kappa shape index (κ2) is 4.24. The molecule has 3 heteroatoms. The van der Waals surface area contributed by atoms with Crippen molar-refractivity contribution in [2.75, 3.05) is 0 Å². The first-order valence-electron chi connectivity index (χ1n) is 4.05. The number of halogens is 2.